The van der Waals surface area contributed by atoms with Crippen molar-refractivity contribution in [2.75, 3.05) is 6.61 Å². The maximum absolute atomic E-state index is 5.73. The molecule has 0 saturated carbocycles. The molecule has 2 rings (SSSR count). The summed E-state index contributed by atoms with van der Waals surface area (Å²) in [7, 11) is 1.90. The van der Waals surface area contributed by atoms with Crippen LogP contribution in [0.25, 0.3) is 0 Å². The molecule has 0 aliphatic carbocycles. The van der Waals surface area contributed by atoms with Crippen LogP contribution in [0.15, 0.2) is 6.20 Å². The van der Waals surface area contributed by atoms with Crippen molar-refractivity contribution in [1.82, 2.24) is 24.8 Å². The fourth-order valence-electron chi connectivity index (χ4n) is 1.75. The van der Waals surface area contributed by atoms with Gasteiger partial charge >= 0.3 is 0 Å². The molecule has 0 radical (unpaired) electrons. The first-order valence-corrected chi connectivity index (χ1v) is 5.84. The summed E-state index contributed by atoms with van der Waals surface area (Å²) in [6, 6.07) is 0. The standard InChI is InChI=1S/C11H18N6O/c1-8-11(9(2)16(3)14-8)18-5-4-17-7-10(6-12)13-15-17/h7H,4-6,12H2,1-3H3. The zero-order chi connectivity index (χ0) is 13.1. The first-order valence-electron chi connectivity index (χ1n) is 5.84. The number of nitrogens with zero attached hydrogens (tertiary/aromatic N) is 5. The number of aromatic nitrogens is 5. The molecule has 0 aliphatic rings. The minimum Gasteiger partial charge on any atom is -0.488 e. The first kappa shape index (κ1) is 12.6. The Morgan fingerprint density at radius 2 is 2.17 bits per heavy atom. The Labute approximate surface area is 106 Å². The summed E-state index contributed by atoms with van der Waals surface area (Å²) in [5.74, 6) is 0.844. The Bertz CT molecular complexity index is 530. The van der Waals surface area contributed by atoms with Crippen molar-refractivity contribution >= 4 is 0 Å². The second kappa shape index (κ2) is 5.18. The summed E-state index contributed by atoms with van der Waals surface area (Å²) in [5.41, 5.74) is 8.17. The normalized spacial score (nSPS) is 10.9. The third kappa shape index (κ3) is 2.51. The lowest BCUT2D eigenvalue weighted by atomic mass is 10.3. The molecule has 2 aromatic heterocycles. The molecule has 2 N–H and O–H groups in total. The van der Waals surface area contributed by atoms with Gasteiger partial charge in [-0.2, -0.15) is 5.10 Å². The molecule has 0 atom stereocenters. The van der Waals surface area contributed by atoms with Crippen LogP contribution >= 0.6 is 0 Å². The van der Waals surface area contributed by atoms with Crippen LogP contribution in [0.2, 0.25) is 0 Å². The predicted octanol–water partition coefficient (Wildman–Crippen LogP) is 0.166. The van der Waals surface area contributed by atoms with E-state index in [1.807, 2.05) is 31.8 Å². The fourth-order valence-corrected chi connectivity index (χ4v) is 1.75. The predicted molar refractivity (Wildman–Crippen MR) is 66.1 cm³/mol. The summed E-state index contributed by atoms with van der Waals surface area (Å²) in [5, 5.41) is 12.2. The van der Waals surface area contributed by atoms with E-state index < -0.39 is 0 Å². The van der Waals surface area contributed by atoms with Gasteiger partial charge in [-0.15, -0.1) is 5.10 Å². The van der Waals surface area contributed by atoms with Gasteiger partial charge in [-0.25, -0.2) is 4.68 Å². The maximum Gasteiger partial charge on any atom is 0.163 e. The third-order valence-corrected chi connectivity index (χ3v) is 2.80. The molecule has 0 fully saturated rings. The van der Waals surface area contributed by atoms with Crippen LogP contribution in [-0.2, 0) is 20.1 Å². The summed E-state index contributed by atoms with van der Waals surface area (Å²) in [6.45, 7) is 5.49. The summed E-state index contributed by atoms with van der Waals surface area (Å²) in [6.07, 6.45) is 1.83. The summed E-state index contributed by atoms with van der Waals surface area (Å²) >= 11 is 0. The Balaban J connectivity index is 1.92. The Morgan fingerprint density at radius 3 is 2.72 bits per heavy atom. The molecule has 0 saturated heterocycles. The van der Waals surface area contributed by atoms with Gasteiger partial charge in [0.2, 0.25) is 0 Å². The van der Waals surface area contributed by atoms with Crippen molar-refractivity contribution in [2.45, 2.75) is 26.9 Å². The van der Waals surface area contributed by atoms with Crippen molar-refractivity contribution in [3.05, 3.63) is 23.3 Å². The highest BCUT2D eigenvalue weighted by atomic mass is 16.5. The summed E-state index contributed by atoms with van der Waals surface area (Å²) < 4.78 is 9.27. The number of nitrogens with two attached hydrogens (primary N) is 1. The third-order valence-electron chi connectivity index (χ3n) is 2.80. The highest BCUT2D eigenvalue weighted by Crippen LogP contribution is 2.21. The van der Waals surface area contributed by atoms with Crippen LogP contribution in [0.5, 0.6) is 5.75 Å². The van der Waals surface area contributed by atoms with E-state index in [2.05, 4.69) is 15.4 Å². The smallest absolute Gasteiger partial charge is 0.163 e. The second-order valence-electron chi connectivity index (χ2n) is 4.15. The van der Waals surface area contributed by atoms with Gasteiger partial charge < -0.3 is 10.5 Å². The Morgan fingerprint density at radius 1 is 1.39 bits per heavy atom. The Kier molecular flexibility index (Phi) is 3.61. The van der Waals surface area contributed by atoms with Gasteiger partial charge in [0, 0.05) is 19.8 Å². The minimum absolute atomic E-state index is 0.404. The number of ether oxygens (including phenoxy) is 1. The number of hydrogen-bond acceptors (Lipinski definition) is 5. The summed E-state index contributed by atoms with van der Waals surface area (Å²) in [4.78, 5) is 0. The van der Waals surface area contributed by atoms with E-state index in [1.54, 1.807) is 4.68 Å². The van der Waals surface area contributed by atoms with Crippen LogP contribution < -0.4 is 10.5 Å². The lowest BCUT2D eigenvalue weighted by molar-refractivity contribution is 0.286. The van der Waals surface area contributed by atoms with Crippen molar-refractivity contribution in [1.29, 1.82) is 0 Å². The molecule has 0 aromatic carbocycles. The van der Waals surface area contributed by atoms with Crippen molar-refractivity contribution in [3.63, 3.8) is 0 Å². The monoisotopic (exact) mass is 250 g/mol. The molecular formula is C11H18N6O. The largest absolute Gasteiger partial charge is 0.488 e. The van der Waals surface area contributed by atoms with Gasteiger partial charge in [0.25, 0.3) is 0 Å². The van der Waals surface area contributed by atoms with Crippen molar-refractivity contribution in [3.8, 4) is 5.75 Å². The van der Waals surface area contributed by atoms with E-state index in [-0.39, 0.29) is 0 Å². The van der Waals surface area contributed by atoms with E-state index >= 15 is 0 Å². The van der Waals surface area contributed by atoms with E-state index in [0.29, 0.717) is 19.7 Å². The molecule has 0 unspecified atom stereocenters. The van der Waals surface area contributed by atoms with Gasteiger partial charge in [0.1, 0.15) is 12.3 Å². The van der Waals surface area contributed by atoms with E-state index in [4.69, 9.17) is 10.5 Å². The van der Waals surface area contributed by atoms with E-state index in [0.717, 1.165) is 22.8 Å². The van der Waals surface area contributed by atoms with Gasteiger partial charge in [-0.05, 0) is 13.8 Å². The average molecular weight is 250 g/mol. The zero-order valence-electron chi connectivity index (χ0n) is 10.9. The molecular weight excluding hydrogens is 232 g/mol. The highest BCUT2D eigenvalue weighted by molar-refractivity contribution is 5.31. The van der Waals surface area contributed by atoms with Crippen LogP contribution in [0.1, 0.15) is 17.1 Å². The van der Waals surface area contributed by atoms with Crippen LogP contribution in [0.4, 0.5) is 0 Å². The molecule has 18 heavy (non-hydrogen) atoms. The van der Waals surface area contributed by atoms with Gasteiger partial charge in [0.15, 0.2) is 5.75 Å². The van der Waals surface area contributed by atoms with Crippen molar-refractivity contribution in [2.24, 2.45) is 12.8 Å². The topological polar surface area (TPSA) is 83.8 Å². The second-order valence-corrected chi connectivity index (χ2v) is 4.15. The lowest BCUT2D eigenvalue weighted by Crippen LogP contribution is -2.09. The molecule has 7 heteroatoms. The van der Waals surface area contributed by atoms with Gasteiger partial charge in [-0.1, -0.05) is 5.21 Å². The van der Waals surface area contributed by atoms with Gasteiger partial charge in [-0.3, -0.25) is 4.68 Å². The maximum atomic E-state index is 5.73. The molecule has 2 heterocycles. The number of rotatable bonds is 5. The molecule has 0 amide bonds. The molecule has 0 spiro atoms. The van der Waals surface area contributed by atoms with Crippen molar-refractivity contribution < 1.29 is 4.74 Å². The van der Waals surface area contributed by atoms with Crippen LogP contribution in [0, 0.1) is 13.8 Å². The SMILES string of the molecule is Cc1nn(C)c(C)c1OCCn1cc(CN)nn1. The van der Waals surface area contributed by atoms with Gasteiger partial charge in [0.05, 0.1) is 17.9 Å². The average Bonchev–Trinajstić information content (AvgIpc) is 2.89. The van der Waals surface area contributed by atoms with E-state index in [1.165, 1.54) is 0 Å². The Hall–Kier alpha value is -1.89. The molecule has 0 bridgehead atoms. The first-order chi connectivity index (χ1) is 8.61. The van der Waals surface area contributed by atoms with E-state index in [9.17, 15) is 0 Å². The lowest BCUT2D eigenvalue weighted by Gasteiger charge is -2.06. The zero-order valence-corrected chi connectivity index (χ0v) is 10.9. The molecule has 0 aliphatic heterocycles. The fraction of sp³-hybridized carbons (Fsp3) is 0.545. The van der Waals surface area contributed by atoms with Crippen LogP contribution in [-0.4, -0.2) is 31.4 Å². The number of hydrogen-bond donors (Lipinski definition) is 1. The highest BCUT2D eigenvalue weighted by Gasteiger charge is 2.10. The molecule has 2 aromatic rings. The van der Waals surface area contributed by atoms with Crippen LogP contribution in [0.3, 0.4) is 0 Å². The molecule has 98 valence electrons. The quantitative estimate of drug-likeness (QED) is 0.817. The molecule has 7 nitrogen and oxygen atoms in total. The number of aryl methyl sites for hydroxylation is 2. The minimum atomic E-state index is 0.404.